The van der Waals surface area contributed by atoms with Crippen LogP contribution < -0.4 is 5.32 Å². The van der Waals surface area contributed by atoms with E-state index in [1.165, 1.54) is 11.1 Å². The van der Waals surface area contributed by atoms with Crippen molar-refractivity contribution in [2.75, 3.05) is 11.9 Å². The highest BCUT2D eigenvalue weighted by molar-refractivity contribution is 5.93. The lowest BCUT2D eigenvalue weighted by atomic mass is 10.1. The second-order valence-corrected chi connectivity index (χ2v) is 6.06. The predicted octanol–water partition coefficient (Wildman–Crippen LogP) is 3.59. The van der Waals surface area contributed by atoms with Crippen LogP contribution >= 0.6 is 0 Å². The van der Waals surface area contributed by atoms with E-state index < -0.39 is 5.97 Å². The van der Waals surface area contributed by atoms with E-state index in [0.717, 1.165) is 11.3 Å². The van der Waals surface area contributed by atoms with E-state index in [4.69, 9.17) is 9.26 Å². The minimum Gasteiger partial charge on any atom is -0.460 e. The van der Waals surface area contributed by atoms with Gasteiger partial charge in [0.25, 0.3) is 5.71 Å². The summed E-state index contributed by atoms with van der Waals surface area (Å²) >= 11 is 0. The number of ether oxygens (including phenoxy) is 1. The number of aromatic nitrogens is 3. The summed E-state index contributed by atoms with van der Waals surface area (Å²) in [4.78, 5) is 20.6. The third kappa shape index (κ3) is 3.51. The number of hydrogen-bond acceptors (Lipinski definition) is 7. The summed E-state index contributed by atoms with van der Waals surface area (Å²) in [5.41, 5.74) is 4.55. The number of rotatable bonds is 6. The van der Waals surface area contributed by atoms with Gasteiger partial charge in [0.1, 0.15) is 11.2 Å². The molecule has 0 amide bonds. The number of nitrogens with one attached hydrogen (secondary N) is 1. The highest BCUT2D eigenvalue weighted by atomic mass is 16.5. The first-order valence-corrected chi connectivity index (χ1v) is 8.66. The molecule has 0 bridgehead atoms. The average Bonchev–Trinajstić information content (AvgIpc) is 3.05. The smallest absolute Gasteiger partial charge is 0.376 e. The number of anilines is 1. The van der Waals surface area contributed by atoms with E-state index in [-0.39, 0.29) is 18.1 Å². The molecule has 3 rings (SSSR count). The highest BCUT2D eigenvalue weighted by Crippen LogP contribution is 2.26. The maximum Gasteiger partial charge on any atom is 0.376 e. The molecule has 7 heteroatoms. The molecule has 26 heavy (non-hydrogen) atoms. The van der Waals surface area contributed by atoms with Crippen LogP contribution in [0.25, 0.3) is 11.1 Å². The molecule has 1 aromatic carbocycles. The van der Waals surface area contributed by atoms with E-state index in [1.807, 2.05) is 6.92 Å². The topological polar surface area (TPSA) is 90.1 Å². The largest absolute Gasteiger partial charge is 0.460 e. The summed E-state index contributed by atoms with van der Waals surface area (Å²) < 4.78 is 10.3. The fourth-order valence-corrected chi connectivity index (χ4v) is 2.74. The van der Waals surface area contributed by atoms with Gasteiger partial charge in [-0.2, -0.15) is 4.98 Å². The summed E-state index contributed by atoms with van der Waals surface area (Å²) in [5.74, 6) is -0.0997. The zero-order chi connectivity index (χ0) is 18.7. The second-order valence-electron chi connectivity index (χ2n) is 6.06. The molecule has 0 saturated carbocycles. The molecule has 0 spiro atoms. The highest BCUT2D eigenvalue weighted by Gasteiger charge is 2.20. The van der Waals surface area contributed by atoms with Crippen molar-refractivity contribution in [1.82, 2.24) is 15.1 Å². The molecule has 0 unspecified atom stereocenters. The van der Waals surface area contributed by atoms with Crippen molar-refractivity contribution in [3.63, 3.8) is 0 Å². The van der Waals surface area contributed by atoms with Crippen LogP contribution in [0.4, 0.5) is 5.82 Å². The Bertz CT molecular complexity index is 949. The monoisotopic (exact) mass is 354 g/mol. The quantitative estimate of drug-likeness (QED) is 0.677. The maximum atomic E-state index is 12.1. The molecule has 136 valence electrons. The van der Waals surface area contributed by atoms with E-state index in [2.05, 4.69) is 52.5 Å². The van der Waals surface area contributed by atoms with Gasteiger partial charge in [-0.3, -0.25) is 0 Å². The van der Waals surface area contributed by atoms with Crippen LogP contribution in [0, 0.1) is 13.8 Å². The molecule has 0 aliphatic carbocycles. The minimum atomic E-state index is -0.585. The van der Waals surface area contributed by atoms with Gasteiger partial charge in [0.15, 0.2) is 0 Å². The Morgan fingerprint density at radius 1 is 1.23 bits per heavy atom. The summed E-state index contributed by atoms with van der Waals surface area (Å²) in [6, 6.07) is 6.29. The summed E-state index contributed by atoms with van der Waals surface area (Å²) in [6.45, 7) is 8.65. The van der Waals surface area contributed by atoms with Crippen molar-refractivity contribution in [2.24, 2.45) is 0 Å². The van der Waals surface area contributed by atoms with Gasteiger partial charge >= 0.3 is 5.97 Å². The van der Waals surface area contributed by atoms with Gasteiger partial charge in [-0.25, -0.2) is 9.78 Å². The number of esters is 1. The maximum absolute atomic E-state index is 12.1. The first-order valence-electron chi connectivity index (χ1n) is 8.66. The Morgan fingerprint density at radius 3 is 2.77 bits per heavy atom. The summed E-state index contributed by atoms with van der Waals surface area (Å²) in [7, 11) is 0. The van der Waals surface area contributed by atoms with Crippen LogP contribution in [0.5, 0.6) is 0 Å². The van der Waals surface area contributed by atoms with Gasteiger partial charge in [0.05, 0.1) is 12.3 Å². The minimum absolute atomic E-state index is 0.0402. The van der Waals surface area contributed by atoms with E-state index >= 15 is 0 Å². The van der Waals surface area contributed by atoms with Gasteiger partial charge in [0.2, 0.25) is 5.82 Å². The Kier molecular flexibility index (Phi) is 5.16. The molecule has 0 atom stereocenters. The molecular weight excluding hydrogens is 332 g/mol. The molecule has 0 aliphatic heterocycles. The lowest BCUT2D eigenvalue weighted by Crippen LogP contribution is -2.12. The van der Waals surface area contributed by atoms with Crippen LogP contribution in [0.2, 0.25) is 0 Å². The van der Waals surface area contributed by atoms with Crippen molar-refractivity contribution >= 4 is 22.9 Å². The van der Waals surface area contributed by atoms with Crippen molar-refractivity contribution in [3.05, 3.63) is 46.4 Å². The lowest BCUT2D eigenvalue weighted by molar-refractivity contribution is 0.0512. The van der Waals surface area contributed by atoms with Gasteiger partial charge in [0, 0.05) is 6.54 Å². The number of benzene rings is 1. The van der Waals surface area contributed by atoms with Crippen LogP contribution in [-0.4, -0.2) is 27.7 Å². The third-order valence-corrected chi connectivity index (χ3v) is 4.15. The molecular formula is C19H22N4O3. The van der Waals surface area contributed by atoms with E-state index in [0.29, 0.717) is 24.2 Å². The first kappa shape index (κ1) is 17.8. The SMILES string of the molecule is CCOC(=O)c1nc(NCc2cc(C)ccc2C)c2c(CC)noc2n1. The number of aryl methyl sites for hydroxylation is 3. The third-order valence-electron chi connectivity index (χ3n) is 4.15. The molecule has 3 aromatic rings. The number of fused-ring (bicyclic) bond motifs is 1. The molecule has 2 aromatic heterocycles. The Balaban J connectivity index is 2.00. The number of carbonyl (C=O) groups excluding carboxylic acids is 1. The van der Waals surface area contributed by atoms with Crippen molar-refractivity contribution in [3.8, 4) is 0 Å². The normalized spacial score (nSPS) is 10.9. The van der Waals surface area contributed by atoms with Gasteiger partial charge in [-0.05, 0) is 38.3 Å². The lowest BCUT2D eigenvalue weighted by Gasteiger charge is -2.11. The fourth-order valence-electron chi connectivity index (χ4n) is 2.74. The van der Waals surface area contributed by atoms with Crippen molar-refractivity contribution in [2.45, 2.75) is 40.7 Å². The van der Waals surface area contributed by atoms with Gasteiger partial charge in [-0.1, -0.05) is 35.8 Å². The van der Waals surface area contributed by atoms with Gasteiger partial charge in [-0.15, -0.1) is 0 Å². The summed E-state index contributed by atoms with van der Waals surface area (Å²) in [5, 5.41) is 8.05. The van der Waals surface area contributed by atoms with Crippen LogP contribution in [0.1, 0.15) is 46.9 Å². The number of nitrogens with zero attached hydrogens (tertiary/aromatic N) is 3. The summed E-state index contributed by atoms with van der Waals surface area (Å²) in [6.07, 6.45) is 0.674. The standard InChI is InChI=1S/C19H22N4O3/c1-5-14-15-16(20-10-13-9-11(3)7-8-12(13)4)21-17(19(24)25-6-2)22-18(15)26-23-14/h7-9H,5-6,10H2,1-4H3,(H,20,21,22). The van der Waals surface area contributed by atoms with Gasteiger partial charge < -0.3 is 14.6 Å². The zero-order valence-electron chi connectivity index (χ0n) is 15.4. The fraction of sp³-hybridized carbons (Fsp3) is 0.368. The number of carbonyl (C=O) groups is 1. The van der Waals surface area contributed by atoms with Crippen LogP contribution in [0.15, 0.2) is 22.7 Å². The average molecular weight is 354 g/mol. The zero-order valence-corrected chi connectivity index (χ0v) is 15.4. The Hall–Kier alpha value is -2.96. The van der Waals surface area contributed by atoms with Crippen molar-refractivity contribution in [1.29, 1.82) is 0 Å². The van der Waals surface area contributed by atoms with Crippen molar-refractivity contribution < 1.29 is 14.1 Å². The molecule has 1 N–H and O–H groups in total. The number of hydrogen-bond donors (Lipinski definition) is 1. The Labute approximate surface area is 151 Å². The first-order chi connectivity index (χ1) is 12.5. The Morgan fingerprint density at radius 2 is 2.04 bits per heavy atom. The molecule has 7 nitrogen and oxygen atoms in total. The molecule has 2 heterocycles. The molecule has 0 aliphatic rings. The second kappa shape index (κ2) is 7.51. The molecule has 0 radical (unpaired) electrons. The molecule has 0 saturated heterocycles. The van der Waals surface area contributed by atoms with E-state index in [9.17, 15) is 4.79 Å². The van der Waals surface area contributed by atoms with E-state index in [1.54, 1.807) is 6.92 Å². The van der Waals surface area contributed by atoms with Crippen LogP contribution in [0.3, 0.4) is 0 Å². The molecule has 0 fully saturated rings. The predicted molar refractivity (Wildman–Crippen MR) is 98.2 cm³/mol. The van der Waals surface area contributed by atoms with Crippen LogP contribution in [-0.2, 0) is 17.7 Å².